The van der Waals surface area contributed by atoms with E-state index in [1.807, 2.05) is 36.4 Å². The van der Waals surface area contributed by atoms with Gasteiger partial charge in [-0.25, -0.2) is 0 Å². The van der Waals surface area contributed by atoms with Crippen molar-refractivity contribution in [2.45, 2.75) is 12.6 Å². The number of amides is 1. The van der Waals surface area contributed by atoms with Crippen molar-refractivity contribution in [2.24, 2.45) is 0 Å². The zero-order valence-corrected chi connectivity index (χ0v) is 20.5. The third-order valence-electron chi connectivity index (χ3n) is 6.68. The van der Waals surface area contributed by atoms with Crippen molar-refractivity contribution in [3.8, 4) is 5.75 Å². The minimum Gasteiger partial charge on any atom is -0.507 e. The van der Waals surface area contributed by atoms with Gasteiger partial charge in [0.15, 0.2) is 0 Å². The van der Waals surface area contributed by atoms with E-state index in [0.717, 1.165) is 18.7 Å². The highest BCUT2D eigenvalue weighted by Crippen LogP contribution is 2.39. The van der Waals surface area contributed by atoms with Crippen LogP contribution in [0.3, 0.4) is 0 Å². The number of morpholine rings is 1. The van der Waals surface area contributed by atoms with Crippen LogP contribution in [0, 0.1) is 0 Å². The number of rotatable bonds is 8. The Labute approximate surface area is 215 Å². The molecule has 2 fully saturated rings. The molecule has 0 bridgehead atoms. The molecule has 2 aromatic carbocycles. The lowest BCUT2D eigenvalue weighted by Crippen LogP contribution is -2.42. The van der Waals surface area contributed by atoms with Gasteiger partial charge in [-0.3, -0.25) is 19.5 Å². The van der Waals surface area contributed by atoms with Crippen molar-refractivity contribution in [3.05, 3.63) is 101 Å². The predicted octanol–water partition coefficient (Wildman–Crippen LogP) is 3.41. The summed E-state index contributed by atoms with van der Waals surface area (Å²) in [5, 5.41) is 11.3. The molecule has 1 atom stereocenters. The highest BCUT2D eigenvalue weighted by atomic mass is 16.5. The first-order chi connectivity index (χ1) is 18.1. The zero-order chi connectivity index (χ0) is 25.6. The van der Waals surface area contributed by atoms with Gasteiger partial charge in [0, 0.05) is 44.1 Å². The molecule has 2 aliphatic heterocycles. The molecule has 37 heavy (non-hydrogen) atoms. The molecule has 3 aromatic rings. The van der Waals surface area contributed by atoms with Gasteiger partial charge in [0.1, 0.15) is 18.1 Å². The Hall–Kier alpha value is -4.01. The van der Waals surface area contributed by atoms with Gasteiger partial charge in [-0.2, -0.15) is 0 Å². The number of aliphatic hydroxyl groups is 1. The van der Waals surface area contributed by atoms with Gasteiger partial charge in [0.05, 0.1) is 24.8 Å². The van der Waals surface area contributed by atoms with Gasteiger partial charge in [-0.1, -0.05) is 36.4 Å². The maximum Gasteiger partial charge on any atom is 0.295 e. The molecule has 3 heterocycles. The number of carbonyl (C=O) groups is 2. The third-order valence-corrected chi connectivity index (χ3v) is 6.68. The summed E-state index contributed by atoms with van der Waals surface area (Å²) in [6.07, 6.45) is 3.27. The second-order valence-corrected chi connectivity index (χ2v) is 9.03. The summed E-state index contributed by atoms with van der Waals surface area (Å²) in [4.78, 5) is 34.3. The van der Waals surface area contributed by atoms with Gasteiger partial charge in [0.2, 0.25) is 0 Å². The predicted molar refractivity (Wildman–Crippen MR) is 138 cm³/mol. The van der Waals surface area contributed by atoms with E-state index in [9.17, 15) is 14.7 Å². The summed E-state index contributed by atoms with van der Waals surface area (Å²) < 4.78 is 11.2. The lowest BCUT2D eigenvalue weighted by molar-refractivity contribution is -0.140. The standard InChI is InChI=1S/C29H29N3O5/c33-27(22-8-10-24(11-9-22)37-20-21-5-2-1-3-6-21)25-26(23-7-4-12-30-19-23)32(29(35)28(25)34)14-13-31-15-17-36-18-16-31/h1-12,19,26,33H,13-18,20H2/b27-25+/t26-/m0/s1. The number of likely N-dealkylation sites (tertiary alicyclic amines) is 1. The van der Waals surface area contributed by atoms with Crippen LogP contribution in [0.15, 0.2) is 84.7 Å². The van der Waals surface area contributed by atoms with Gasteiger partial charge in [-0.15, -0.1) is 0 Å². The molecule has 8 heteroatoms. The van der Waals surface area contributed by atoms with E-state index in [1.54, 1.807) is 42.7 Å². The molecule has 5 rings (SSSR count). The molecule has 2 aliphatic rings. The van der Waals surface area contributed by atoms with Gasteiger partial charge in [0.25, 0.3) is 11.7 Å². The van der Waals surface area contributed by atoms with Crippen LogP contribution < -0.4 is 4.74 Å². The Kier molecular flexibility index (Phi) is 7.58. The fraction of sp³-hybridized carbons (Fsp3) is 0.276. The van der Waals surface area contributed by atoms with Crippen LogP contribution in [0.2, 0.25) is 0 Å². The minimum absolute atomic E-state index is 0.0675. The van der Waals surface area contributed by atoms with Crippen molar-refractivity contribution in [1.82, 2.24) is 14.8 Å². The van der Waals surface area contributed by atoms with Crippen LogP contribution in [0.25, 0.3) is 5.76 Å². The molecule has 1 N–H and O–H groups in total. The van der Waals surface area contributed by atoms with Crippen molar-refractivity contribution in [3.63, 3.8) is 0 Å². The van der Waals surface area contributed by atoms with E-state index in [2.05, 4.69) is 9.88 Å². The highest BCUT2D eigenvalue weighted by molar-refractivity contribution is 6.46. The number of ketones is 1. The molecule has 8 nitrogen and oxygen atoms in total. The van der Waals surface area contributed by atoms with E-state index < -0.39 is 17.7 Å². The Morgan fingerprint density at radius 3 is 2.43 bits per heavy atom. The largest absolute Gasteiger partial charge is 0.507 e. The lowest BCUT2D eigenvalue weighted by atomic mass is 9.96. The van der Waals surface area contributed by atoms with Crippen LogP contribution >= 0.6 is 0 Å². The number of ether oxygens (including phenoxy) is 2. The minimum atomic E-state index is -0.719. The second kappa shape index (κ2) is 11.4. The number of nitrogens with zero attached hydrogens (tertiary/aromatic N) is 3. The molecule has 0 spiro atoms. The Morgan fingerprint density at radius 2 is 1.73 bits per heavy atom. The first-order valence-electron chi connectivity index (χ1n) is 12.4. The average Bonchev–Trinajstić information content (AvgIpc) is 3.21. The summed E-state index contributed by atoms with van der Waals surface area (Å²) in [6, 6.07) is 19.5. The molecule has 2 saturated heterocycles. The lowest BCUT2D eigenvalue weighted by Gasteiger charge is -2.30. The summed E-state index contributed by atoms with van der Waals surface area (Å²) in [5.74, 6) is -0.893. The number of pyridine rings is 1. The van der Waals surface area contributed by atoms with Crippen LogP contribution in [-0.4, -0.2) is 71.0 Å². The summed E-state index contributed by atoms with van der Waals surface area (Å²) in [5.41, 5.74) is 2.22. The smallest absolute Gasteiger partial charge is 0.295 e. The molecule has 0 aliphatic carbocycles. The number of carbonyl (C=O) groups excluding carboxylic acids is 2. The van der Waals surface area contributed by atoms with Crippen molar-refractivity contribution >= 4 is 17.4 Å². The third kappa shape index (κ3) is 5.55. The Morgan fingerprint density at radius 1 is 0.973 bits per heavy atom. The molecule has 0 unspecified atom stereocenters. The van der Waals surface area contributed by atoms with Gasteiger partial charge >= 0.3 is 0 Å². The molecule has 1 aromatic heterocycles. The van der Waals surface area contributed by atoms with E-state index in [4.69, 9.17) is 9.47 Å². The van der Waals surface area contributed by atoms with Crippen LogP contribution in [0.5, 0.6) is 5.75 Å². The zero-order valence-electron chi connectivity index (χ0n) is 20.5. The van der Waals surface area contributed by atoms with E-state index in [1.165, 1.54) is 4.90 Å². The Bertz CT molecular complexity index is 1260. The summed E-state index contributed by atoms with van der Waals surface area (Å²) in [6.45, 7) is 4.24. The first-order valence-corrected chi connectivity index (χ1v) is 12.4. The average molecular weight is 500 g/mol. The molecular formula is C29H29N3O5. The topological polar surface area (TPSA) is 92.2 Å². The quantitative estimate of drug-likeness (QED) is 0.288. The molecule has 0 saturated carbocycles. The number of aliphatic hydroxyl groups excluding tert-OH is 1. The monoisotopic (exact) mass is 499 g/mol. The van der Waals surface area contributed by atoms with Crippen LogP contribution in [0.4, 0.5) is 0 Å². The van der Waals surface area contributed by atoms with Crippen molar-refractivity contribution in [1.29, 1.82) is 0 Å². The first kappa shape index (κ1) is 24.7. The fourth-order valence-corrected chi connectivity index (χ4v) is 4.67. The number of hydrogen-bond donors (Lipinski definition) is 1. The van der Waals surface area contributed by atoms with E-state index in [0.29, 0.717) is 49.8 Å². The van der Waals surface area contributed by atoms with Gasteiger partial charge < -0.3 is 19.5 Å². The molecule has 0 radical (unpaired) electrons. The number of Topliss-reactive ketones (excluding diaryl/α,β-unsaturated/α-hetero) is 1. The Balaban J connectivity index is 1.40. The van der Waals surface area contributed by atoms with E-state index >= 15 is 0 Å². The maximum atomic E-state index is 13.2. The van der Waals surface area contributed by atoms with E-state index in [-0.39, 0.29) is 11.3 Å². The molecule has 190 valence electrons. The molecule has 1 amide bonds. The van der Waals surface area contributed by atoms with Crippen LogP contribution in [-0.2, 0) is 20.9 Å². The van der Waals surface area contributed by atoms with Gasteiger partial charge in [-0.05, 0) is 41.5 Å². The van der Waals surface area contributed by atoms with Crippen molar-refractivity contribution < 1.29 is 24.2 Å². The SMILES string of the molecule is O=C1C(=O)N(CCN2CCOCC2)[C@@H](c2cccnc2)/C1=C(\O)c1ccc(OCc2ccccc2)cc1. The van der Waals surface area contributed by atoms with Crippen molar-refractivity contribution in [2.75, 3.05) is 39.4 Å². The number of benzene rings is 2. The molecular weight excluding hydrogens is 470 g/mol. The normalized spacial score (nSPS) is 19.8. The number of hydrogen-bond acceptors (Lipinski definition) is 7. The number of aromatic nitrogens is 1. The fourth-order valence-electron chi connectivity index (χ4n) is 4.67. The maximum absolute atomic E-state index is 13.2. The summed E-state index contributed by atoms with van der Waals surface area (Å²) in [7, 11) is 0. The summed E-state index contributed by atoms with van der Waals surface area (Å²) >= 11 is 0. The van der Waals surface area contributed by atoms with Crippen LogP contribution in [0.1, 0.15) is 22.7 Å². The second-order valence-electron chi connectivity index (χ2n) is 9.03. The highest BCUT2D eigenvalue weighted by Gasteiger charge is 2.46.